The van der Waals surface area contributed by atoms with Crippen LogP contribution in [0.3, 0.4) is 0 Å². The Morgan fingerprint density at radius 2 is 2.00 bits per heavy atom. The lowest BCUT2D eigenvalue weighted by Gasteiger charge is -2.35. The third-order valence-corrected chi connectivity index (χ3v) is 3.33. The average molecular weight is 262 g/mol. The van der Waals surface area contributed by atoms with Crippen molar-refractivity contribution in [2.24, 2.45) is 11.5 Å². The quantitative estimate of drug-likeness (QED) is 0.793. The molecular weight excluding hydrogens is 244 g/mol. The Bertz CT molecular complexity index is 529. The number of hydrogen-bond acceptors (Lipinski definition) is 6. The molecule has 0 aromatic heterocycles. The minimum absolute atomic E-state index is 0.292. The van der Waals surface area contributed by atoms with E-state index < -0.39 is 0 Å². The number of fused-ring (bicyclic) bond motifs is 1. The molecule has 3 rings (SSSR count). The van der Waals surface area contributed by atoms with Gasteiger partial charge in [0.15, 0.2) is 11.5 Å². The fourth-order valence-corrected chi connectivity index (χ4v) is 2.39. The van der Waals surface area contributed by atoms with Gasteiger partial charge in [-0.3, -0.25) is 4.90 Å². The number of nitrogens with zero attached hydrogens (tertiary/aromatic N) is 2. The Balaban J connectivity index is 1.79. The van der Waals surface area contributed by atoms with Gasteiger partial charge in [0, 0.05) is 13.1 Å². The van der Waals surface area contributed by atoms with Crippen molar-refractivity contribution < 1.29 is 9.47 Å². The van der Waals surface area contributed by atoms with Crippen molar-refractivity contribution in [1.29, 1.82) is 0 Å². The number of hydrogen-bond donors (Lipinski definition) is 2. The van der Waals surface area contributed by atoms with E-state index in [-0.39, 0.29) is 0 Å². The van der Waals surface area contributed by atoms with Crippen LogP contribution < -0.4 is 20.9 Å². The van der Waals surface area contributed by atoms with Crippen LogP contribution in [0.4, 0.5) is 0 Å². The molecule has 0 atom stereocenters. The molecule has 0 bridgehead atoms. The van der Waals surface area contributed by atoms with Gasteiger partial charge in [-0.2, -0.15) is 0 Å². The van der Waals surface area contributed by atoms with Crippen LogP contribution >= 0.6 is 0 Å². The van der Waals surface area contributed by atoms with E-state index in [0.29, 0.717) is 25.7 Å². The second kappa shape index (κ2) is 4.55. The van der Waals surface area contributed by atoms with Crippen LogP contribution in [0.25, 0.3) is 0 Å². The van der Waals surface area contributed by atoms with E-state index in [4.69, 9.17) is 20.9 Å². The minimum atomic E-state index is 0.292. The molecular formula is C13H18N4O2. The first-order valence-electron chi connectivity index (χ1n) is 6.19. The second-order valence-corrected chi connectivity index (χ2v) is 4.95. The van der Waals surface area contributed by atoms with Gasteiger partial charge in [0.25, 0.3) is 0 Å². The number of ether oxygens (including phenoxy) is 2. The van der Waals surface area contributed by atoms with Gasteiger partial charge in [-0.25, -0.2) is 0 Å². The van der Waals surface area contributed by atoms with Gasteiger partial charge in [-0.05, 0) is 24.7 Å². The third-order valence-electron chi connectivity index (χ3n) is 3.33. The highest BCUT2D eigenvalue weighted by molar-refractivity contribution is 5.44. The van der Waals surface area contributed by atoms with E-state index in [9.17, 15) is 0 Å². The van der Waals surface area contributed by atoms with Crippen LogP contribution in [0.2, 0.25) is 0 Å². The molecule has 0 radical (unpaired) electrons. The van der Waals surface area contributed by atoms with Crippen molar-refractivity contribution in [3.8, 4) is 11.5 Å². The lowest BCUT2D eigenvalue weighted by Crippen LogP contribution is -2.45. The summed E-state index contributed by atoms with van der Waals surface area (Å²) in [5, 5.41) is 0. The van der Waals surface area contributed by atoms with E-state index in [0.717, 1.165) is 29.4 Å². The molecule has 19 heavy (non-hydrogen) atoms. The lowest BCUT2D eigenvalue weighted by molar-refractivity contribution is 0.166. The van der Waals surface area contributed by atoms with Crippen LogP contribution in [0.5, 0.6) is 11.5 Å². The van der Waals surface area contributed by atoms with Crippen LogP contribution in [0.15, 0.2) is 29.7 Å². The van der Waals surface area contributed by atoms with Crippen LogP contribution in [-0.2, 0) is 6.54 Å². The highest BCUT2D eigenvalue weighted by Gasteiger charge is 2.20. The summed E-state index contributed by atoms with van der Waals surface area (Å²) in [5.74, 6) is 2.25. The van der Waals surface area contributed by atoms with Crippen molar-refractivity contribution in [3.63, 3.8) is 0 Å². The molecule has 0 saturated carbocycles. The molecule has 0 unspecified atom stereocenters. The summed E-state index contributed by atoms with van der Waals surface area (Å²) in [6.07, 6.45) is 0. The third kappa shape index (κ3) is 2.26. The molecule has 0 fully saturated rings. The van der Waals surface area contributed by atoms with Crippen molar-refractivity contribution in [2.45, 2.75) is 6.54 Å². The maximum absolute atomic E-state index is 6.04. The van der Waals surface area contributed by atoms with Crippen LogP contribution in [-0.4, -0.2) is 36.9 Å². The van der Waals surface area contributed by atoms with Crippen LogP contribution in [0.1, 0.15) is 5.56 Å². The number of nitrogens with two attached hydrogens (primary N) is 2. The van der Waals surface area contributed by atoms with E-state index >= 15 is 0 Å². The van der Waals surface area contributed by atoms with E-state index in [2.05, 4.69) is 9.80 Å². The molecule has 0 aliphatic carbocycles. The number of rotatable bonds is 2. The zero-order chi connectivity index (χ0) is 13.4. The van der Waals surface area contributed by atoms with Crippen molar-refractivity contribution in [3.05, 3.63) is 35.3 Å². The summed E-state index contributed by atoms with van der Waals surface area (Å²) in [6, 6.07) is 5.93. The van der Waals surface area contributed by atoms with Gasteiger partial charge in [-0.15, -0.1) is 0 Å². The fourth-order valence-electron chi connectivity index (χ4n) is 2.39. The standard InChI is InChI=1S/C13H18N4O2/c1-16-6-10(14)13(15)17(7-16)5-9-2-3-11-12(4-9)19-8-18-11/h2-4H,5-8,14-15H2,1H3. The summed E-state index contributed by atoms with van der Waals surface area (Å²) in [5.41, 5.74) is 13.8. The molecule has 2 aliphatic rings. The molecule has 2 heterocycles. The number of benzene rings is 1. The number of likely N-dealkylation sites (N-methyl/N-ethyl adjacent to an activating group) is 1. The average Bonchev–Trinajstić information content (AvgIpc) is 2.82. The second-order valence-electron chi connectivity index (χ2n) is 4.95. The van der Waals surface area contributed by atoms with Gasteiger partial charge in [-0.1, -0.05) is 6.07 Å². The Kier molecular flexibility index (Phi) is 2.87. The van der Waals surface area contributed by atoms with Gasteiger partial charge in [0.05, 0.1) is 12.4 Å². The normalized spacial score (nSPS) is 19.1. The zero-order valence-corrected chi connectivity index (χ0v) is 10.9. The van der Waals surface area contributed by atoms with Crippen molar-refractivity contribution in [1.82, 2.24) is 9.80 Å². The Labute approximate surface area is 112 Å². The molecule has 2 aliphatic heterocycles. The van der Waals surface area contributed by atoms with Crippen LogP contribution in [0, 0.1) is 0 Å². The van der Waals surface area contributed by atoms with Gasteiger partial charge >= 0.3 is 0 Å². The first-order chi connectivity index (χ1) is 9.13. The van der Waals surface area contributed by atoms with Gasteiger partial charge in [0.2, 0.25) is 6.79 Å². The molecule has 0 saturated heterocycles. The molecule has 6 nitrogen and oxygen atoms in total. The lowest BCUT2D eigenvalue weighted by atomic mass is 10.2. The zero-order valence-electron chi connectivity index (χ0n) is 10.9. The highest BCUT2D eigenvalue weighted by Crippen LogP contribution is 2.33. The summed E-state index contributed by atoms with van der Waals surface area (Å²) < 4.78 is 10.7. The maximum Gasteiger partial charge on any atom is 0.231 e. The first kappa shape index (κ1) is 12.0. The Morgan fingerprint density at radius 3 is 2.84 bits per heavy atom. The van der Waals surface area contributed by atoms with Gasteiger partial charge in [0.1, 0.15) is 5.82 Å². The predicted octanol–water partition coefficient (Wildman–Crippen LogP) is 0.207. The molecule has 4 N–H and O–H groups in total. The monoisotopic (exact) mass is 262 g/mol. The molecule has 102 valence electrons. The van der Waals surface area contributed by atoms with Gasteiger partial charge < -0.3 is 25.8 Å². The molecule has 1 aromatic carbocycles. The van der Waals surface area contributed by atoms with Crippen molar-refractivity contribution in [2.75, 3.05) is 27.1 Å². The summed E-state index contributed by atoms with van der Waals surface area (Å²) >= 11 is 0. The van der Waals surface area contributed by atoms with E-state index in [1.54, 1.807) is 0 Å². The Hall–Kier alpha value is -2.08. The molecule has 0 spiro atoms. The SMILES string of the molecule is CN1CC(N)=C(N)N(Cc2ccc3c(c2)OCO3)C1. The summed E-state index contributed by atoms with van der Waals surface area (Å²) in [6.45, 7) is 2.47. The summed E-state index contributed by atoms with van der Waals surface area (Å²) in [4.78, 5) is 4.18. The maximum atomic E-state index is 6.04. The minimum Gasteiger partial charge on any atom is -0.454 e. The molecule has 1 aromatic rings. The highest BCUT2D eigenvalue weighted by atomic mass is 16.7. The molecule has 6 heteroatoms. The van der Waals surface area contributed by atoms with E-state index in [1.807, 2.05) is 25.2 Å². The Morgan fingerprint density at radius 1 is 1.21 bits per heavy atom. The smallest absolute Gasteiger partial charge is 0.231 e. The molecule has 0 amide bonds. The summed E-state index contributed by atoms with van der Waals surface area (Å²) in [7, 11) is 2.02. The van der Waals surface area contributed by atoms with E-state index in [1.165, 1.54) is 0 Å². The topological polar surface area (TPSA) is 77.0 Å². The van der Waals surface area contributed by atoms with Crippen molar-refractivity contribution >= 4 is 0 Å². The first-order valence-corrected chi connectivity index (χ1v) is 6.19. The predicted molar refractivity (Wildman–Crippen MR) is 71.0 cm³/mol. The fraction of sp³-hybridized carbons (Fsp3) is 0.385. The largest absolute Gasteiger partial charge is 0.454 e.